The van der Waals surface area contributed by atoms with E-state index in [4.69, 9.17) is 4.74 Å². The van der Waals surface area contributed by atoms with Crippen LogP contribution < -0.4 is 10.1 Å². The lowest BCUT2D eigenvalue weighted by atomic mass is 10.2. The summed E-state index contributed by atoms with van der Waals surface area (Å²) in [6, 6.07) is 8.03. The predicted molar refractivity (Wildman–Crippen MR) is 77.3 cm³/mol. The first-order chi connectivity index (χ1) is 8.65. The molecule has 0 fully saturated rings. The van der Waals surface area contributed by atoms with Crippen LogP contribution in [0.15, 0.2) is 24.3 Å². The number of rotatable bonds is 7. The lowest BCUT2D eigenvalue weighted by Crippen LogP contribution is -2.36. The number of benzene rings is 1. The Labute approximate surface area is 117 Å². The Morgan fingerprint density at radius 3 is 2.89 bits per heavy atom. The van der Waals surface area contributed by atoms with Crippen molar-refractivity contribution in [2.45, 2.75) is 32.7 Å². The molecule has 0 heterocycles. The molecule has 0 bridgehead atoms. The molecule has 3 nitrogen and oxygen atoms in total. The molecule has 1 aromatic carbocycles. The number of halogens is 1. The summed E-state index contributed by atoms with van der Waals surface area (Å²) in [6.45, 7) is 4.48. The van der Waals surface area contributed by atoms with Crippen molar-refractivity contribution in [3.8, 4) is 5.75 Å². The minimum absolute atomic E-state index is 0.0361. The molecule has 1 unspecified atom stereocenters. The zero-order valence-corrected chi connectivity index (χ0v) is 12.5. The van der Waals surface area contributed by atoms with E-state index in [1.54, 1.807) is 0 Å². The molecule has 0 aliphatic rings. The molecule has 0 aromatic heterocycles. The van der Waals surface area contributed by atoms with Crippen LogP contribution in [0.4, 0.5) is 0 Å². The van der Waals surface area contributed by atoms with E-state index < -0.39 is 0 Å². The number of carbonyl (C=O) groups excluding carboxylic acids is 1. The maximum absolute atomic E-state index is 11.6. The number of hydrogen-bond acceptors (Lipinski definition) is 2. The summed E-state index contributed by atoms with van der Waals surface area (Å²) in [5.41, 5.74) is 1.15. The summed E-state index contributed by atoms with van der Waals surface area (Å²) in [5, 5.41) is 3.73. The third-order valence-electron chi connectivity index (χ3n) is 2.63. The zero-order chi connectivity index (χ0) is 13.4. The summed E-state index contributed by atoms with van der Waals surface area (Å²) >= 11 is 3.37. The van der Waals surface area contributed by atoms with Crippen LogP contribution in [0, 0.1) is 6.92 Å². The summed E-state index contributed by atoms with van der Waals surface area (Å²) < 4.78 is 5.53. The fourth-order valence-electron chi connectivity index (χ4n) is 1.52. The molecule has 0 radical (unpaired) electrons. The highest BCUT2D eigenvalue weighted by Crippen LogP contribution is 2.12. The Balaban J connectivity index is 2.27. The van der Waals surface area contributed by atoms with Gasteiger partial charge in [-0.2, -0.15) is 0 Å². The normalized spacial score (nSPS) is 11.9. The number of alkyl halides is 1. The van der Waals surface area contributed by atoms with Gasteiger partial charge in [0.05, 0.1) is 13.0 Å². The van der Waals surface area contributed by atoms with Gasteiger partial charge < -0.3 is 10.1 Å². The molecule has 100 valence electrons. The van der Waals surface area contributed by atoms with E-state index in [-0.39, 0.29) is 11.9 Å². The van der Waals surface area contributed by atoms with Crippen molar-refractivity contribution >= 4 is 21.8 Å². The third-order valence-corrected chi connectivity index (χ3v) is 3.41. The molecular weight excluding hydrogens is 294 g/mol. The molecule has 1 atom stereocenters. The van der Waals surface area contributed by atoms with Gasteiger partial charge in [-0.05, 0) is 31.0 Å². The second-order valence-electron chi connectivity index (χ2n) is 4.24. The maximum Gasteiger partial charge on any atom is 0.223 e. The van der Waals surface area contributed by atoms with Gasteiger partial charge >= 0.3 is 0 Å². The van der Waals surface area contributed by atoms with Crippen molar-refractivity contribution in [3.05, 3.63) is 29.8 Å². The maximum atomic E-state index is 11.6. The first kappa shape index (κ1) is 15.0. The minimum atomic E-state index is 0.0361. The molecule has 18 heavy (non-hydrogen) atoms. The highest BCUT2D eigenvalue weighted by molar-refractivity contribution is 9.09. The monoisotopic (exact) mass is 313 g/mol. The summed E-state index contributed by atoms with van der Waals surface area (Å²) in [7, 11) is 0. The van der Waals surface area contributed by atoms with Crippen molar-refractivity contribution < 1.29 is 9.53 Å². The van der Waals surface area contributed by atoms with Gasteiger partial charge in [0.25, 0.3) is 0 Å². The van der Waals surface area contributed by atoms with E-state index in [1.165, 1.54) is 0 Å². The fourth-order valence-corrected chi connectivity index (χ4v) is 2.14. The molecule has 0 spiro atoms. The average Bonchev–Trinajstić information content (AvgIpc) is 2.36. The average molecular weight is 314 g/mol. The molecular formula is C14H20BrNO2. The van der Waals surface area contributed by atoms with Crippen molar-refractivity contribution in [2.75, 3.05) is 11.9 Å². The number of hydrogen-bond donors (Lipinski definition) is 1. The van der Waals surface area contributed by atoms with Gasteiger partial charge in [0.2, 0.25) is 5.91 Å². The van der Waals surface area contributed by atoms with Crippen LogP contribution in [0.2, 0.25) is 0 Å². The smallest absolute Gasteiger partial charge is 0.223 e. The molecule has 0 saturated heterocycles. The molecule has 0 aliphatic heterocycles. The lowest BCUT2D eigenvalue weighted by Gasteiger charge is -2.14. The van der Waals surface area contributed by atoms with Gasteiger partial charge in [0.1, 0.15) is 5.75 Å². The topological polar surface area (TPSA) is 38.3 Å². The van der Waals surface area contributed by atoms with Gasteiger partial charge in [-0.3, -0.25) is 4.79 Å². The van der Waals surface area contributed by atoms with Gasteiger partial charge in [0.15, 0.2) is 0 Å². The van der Waals surface area contributed by atoms with Gasteiger partial charge in [-0.15, -0.1) is 0 Å². The first-order valence-electron chi connectivity index (χ1n) is 6.20. The van der Waals surface area contributed by atoms with Gasteiger partial charge in [-0.25, -0.2) is 0 Å². The number of aryl methyl sites for hydroxylation is 1. The lowest BCUT2D eigenvalue weighted by molar-refractivity contribution is -0.122. The molecule has 0 saturated carbocycles. The summed E-state index contributed by atoms with van der Waals surface area (Å²) in [6.07, 6.45) is 1.31. The van der Waals surface area contributed by atoms with E-state index in [1.807, 2.05) is 31.2 Å². The Morgan fingerprint density at radius 2 is 2.28 bits per heavy atom. The molecule has 1 N–H and O–H groups in total. The highest BCUT2D eigenvalue weighted by Gasteiger charge is 2.08. The standard InChI is InChI=1S/C14H20BrNO2/c1-3-12(10-15)16-14(17)7-8-18-13-6-4-5-11(2)9-13/h4-6,9,12H,3,7-8,10H2,1-2H3,(H,16,17). The minimum Gasteiger partial charge on any atom is -0.493 e. The number of ether oxygens (including phenoxy) is 1. The van der Waals surface area contributed by atoms with Crippen molar-refractivity contribution in [2.24, 2.45) is 0 Å². The molecule has 1 rings (SSSR count). The molecule has 4 heteroatoms. The first-order valence-corrected chi connectivity index (χ1v) is 7.32. The van der Waals surface area contributed by atoms with E-state index in [2.05, 4.69) is 28.2 Å². The predicted octanol–water partition coefficient (Wildman–Crippen LogP) is 3.05. The van der Waals surface area contributed by atoms with Crippen molar-refractivity contribution in [3.63, 3.8) is 0 Å². The second kappa shape index (κ2) is 8.14. The molecule has 0 aliphatic carbocycles. The van der Waals surface area contributed by atoms with Crippen LogP contribution >= 0.6 is 15.9 Å². The van der Waals surface area contributed by atoms with Crippen molar-refractivity contribution in [1.82, 2.24) is 5.32 Å². The number of nitrogens with one attached hydrogen (secondary N) is 1. The van der Waals surface area contributed by atoms with E-state index in [9.17, 15) is 4.79 Å². The highest BCUT2D eigenvalue weighted by atomic mass is 79.9. The SMILES string of the molecule is CCC(CBr)NC(=O)CCOc1cccc(C)c1. The quantitative estimate of drug-likeness (QED) is 0.786. The summed E-state index contributed by atoms with van der Waals surface area (Å²) in [5.74, 6) is 0.851. The van der Waals surface area contributed by atoms with Crippen LogP contribution in [0.3, 0.4) is 0 Å². The van der Waals surface area contributed by atoms with E-state index >= 15 is 0 Å². The zero-order valence-electron chi connectivity index (χ0n) is 10.9. The van der Waals surface area contributed by atoms with Gasteiger partial charge in [0, 0.05) is 11.4 Å². The Hall–Kier alpha value is -1.03. The number of amides is 1. The van der Waals surface area contributed by atoms with Crippen LogP contribution in [-0.4, -0.2) is 23.9 Å². The van der Waals surface area contributed by atoms with Crippen LogP contribution in [0.5, 0.6) is 5.75 Å². The largest absolute Gasteiger partial charge is 0.493 e. The van der Waals surface area contributed by atoms with E-state index in [0.717, 1.165) is 23.1 Å². The van der Waals surface area contributed by atoms with Crippen molar-refractivity contribution in [1.29, 1.82) is 0 Å². The Bertz CT molecular complexity index is 378. The fraction of sp³-hybridized carbons (Fsp3) is 0.500. The Kier molecular flexibility index (Phi) is 6.80. The van der Waals surface area contributed by atoms with Gasteiger partial charge in [-0.1, -0.05) is 35.0 Å². The number of carbonyl (C=O) groups is 1. The molecule has 1 amide bonds. The third kappa shape index (κ3) is 5.54. The summed E-state index contributed by atoms with van der Waals surface area (Å²) in [4.78, 5) is 11.6. The van der Waals surface area contributed by atoms with E-state index in [0.29, 0.717) is 13.0 Å². The van der Waals surface area contributed by atoms with Crippen LogP contribution in [0.25, 0.3) is 0 Å². The Morgan fingerprint density at radius 1 is 1.50 bits per heavy atom. The molecule has 1 aromatic rings. The van der Waals surface area contributed by atoms with Crippen LogP contribution in [-0.2, 0) is 4.79 Å². The van der Waals surface area contributed by atoms with Crippen LogP contribution in [0.1, 0.15) is 25.3 Å². The second-order valence-corrected chi connectivity index (χ2v) is 4.89.